The third kappa shape index (κ3) is 3.47. The zero-order valence-corrected chi connectivity index (χ0v) is 12.6. The Morgan fingerprint density at radius 1 is 1.26 bits per heavy atom. The second kappa shape index (κ2) is 6.57. The van der Waals surface area contributed by atoms with Crippen LogP contribution in [0.3, 0.4) is 0 Å². The minimum Gasteiger partial charge on any atom is -0.497 e. The van der Waals surface area contributed by atoms with Crippen LogP contribution in [0.25, 0.3) is 0 Å². The molecule has 0 spiro atoms. The Labute approximate surface area is 121 Å². The Morgan fingerprint density at radius 3 is 2.79 bits per heavy atom. The molecule has 0 radical (unpaired) electrons. The van der Waals surface area contributed by atoms with Crippen molar-refractivity contribution >= 4 is 15.9 Å². The van der Waals surface area contributed by atoms with E-state index >= 15 is 0 Å². The smallest absolute Gasteiger partial charge is 0.130 e. The van der Waals surface area contributed by atoms with E-state index in [1.165, 1.54) is 0 Å². The Morgan fingerprint density at radius 2 is 2.11 bits per heavy atom. The molecule has 0 aliphatic carbocycles. The van der Waals surface area contributed by atoms with E-state index in [0.29, 0.717) is 6.61 Å². The van der Waals surface area contributed by atoms with E-state index in [-0.39, 0.29) is 0 Å². The summed E-state index contributed by atoms with van der Waals surface area (Å²) in [4.78, 5) is 4.32. The SMILES string of the molecule is COc1ccc(CBr)c(OCc2ncccc2C)c1. The number of aromatic nitrogens is 1. The van der Waals surface area contributed by atoms with Gasteiger partial charge >= 0.3 is 0 Å². The number of ether oxygens (including phenoxy) is 2. The fraction of sp³-hybridized carbons (Fsp3) is 0.267. The molecule has 0 saturated heterocycles. The van der Waals surface area contributed by atoms with Crippen molar-refractivity contribution in [2.24, 2.45) is 0 Å². The number of pyridine rings is 1. The maximum absolute atomic E-state index is 5.86. The molecule has 0 atom stereocenters. The molecule has 19 heavy (non-hydrogen) atoms. The first kappa shape index (κ1) is 13.9. The summed E-state index contributed by atoms with van der Waals surface area (Å²) in [5.74, 6) is 1.61. The molecule has 2 aromatic rings. The van der Waals surface area contributed by atoms with Crippen LogP contribution in [0.15, 0.2) is 36.5 Å². The predicted molar refractivity (Wildman–Crippen MR) is 78.9 cm³/mol. The van der Waals surface area contributed by atoms with Gasteiger partial charge in [-0.2, -0.15) is 0 Å². The van der Waals surface area contributed by atoms with Crippen LogP contribution < -0.4 is 9.47 Å². The van der Waals surface area contributed by atoms with Crippen LogP contribution in [-0.2, 0) is 11.9 Å². The fourth-order valence-electron chi connectivity index (χ4n) is 1.72. The number of alkyl halides is 1. The van der Waals surface area contributed by atoms with Gasteiger partial charge in [0.15, 0.2) is 0 Å². The summed E-state index contributed by atoms with van der Waals surface area (Å²) in [5, 5.41) is 0.744. The van der Waals surface area contributed by atoms with Gasteiger partial charge in [0.2, 0.25) is 0 Å². The Hall–Kier alpha value is -1.55. The lowest BCUT2D eigenvalue weighted by Crippen LogP contribution is -2.02. The number of rotatable bonds is 5. The highest BCUT2D eigenvalue weighted by molar-refractivity contribution is 9.08. The zero-order valence-electron chi connectivity index (χ0n) is 11.0. The topological polar surface area (TPSA) is 31.4 Å². The lowest BCUT2D eigenvalue weighted by molar-refractivity contribution is 0.296. The van der Waals surface area contributed by atoms with E-state index in [1.807, 2.05) is 37.3 Å². The fourth-order valence-corrected chi connectivity index (χ4v) is 2.19. The van der Waals surface area contributed by atoms with Crippen LogP contribution in [0, 0.1) is 6.92 Å². The Balaban J connectivity index is 2.16. The summed E-state index contributed by atoms with van der Waals surface area (Å²) in [5.41, 5.74) is 3.17. The summed E-state index contributed by atoms with van der Waals surface area (Å²) < 4.78 is 11.1. The number of hydrogen-bond acceptors (Lipinski definition) is 3. The molecule has 3 nitrogen and oxygen atoms in total. The molecule has 1 aromatic carbocycles. The van der Waals surface area contributed by atoms with Gasteiger partial charge in [0, 0.05) is 23.2 Å². The van der Waals surface area contributed by atoms with Crippen molar-refractivity contribution in [2.45, 2.75) is 18.9 Å². The first-order chi connectivity index (χ1) is 9.24. The molecule has 0 aliphatic rings. The maximum atomic E-state index is 5.86. The highest BCUT2D eigenvalue weighted by Crippen LogP contribution is 2.27. The molecule has 0 aliphatic heterocycles. The van der Waals surface area contributed by atoms with E-state index in [9.17, 15) is 0 Å². The summed E-state index contributed by atoms with van der Waals surface area (Å²) in [7, 11) is 1.65. The minimum atomic E-state index is 0.458. The average Bonchev–Trinajstić information content (AvgIpc) is 2.46. The molecule has 0 amide bonds. The van der Waals surface area contributed by atoms with Crippen molar-refractivity contribution in [3.63, 3.8) is 0 Å². The normalized spacial score (nSPS) is 10.3. The van der Waals surface area contributed by atoms with Crippen molar-refractivity contribution in [3.8, 4) is 11.5 Å². The van der Waals surface area contributed by atoms with Gasteiger partial charge < -0.3 is 9.47 Å². The number of halogens is 1. The van der Waals surface area contributed by atoms with Crippen molar-refractivity contribution in [2.75, 3.05) is 7.11 Å². The average molecular weight is 322 g/mol. The number of hydrogen-bond donors (Lipinski definition) is 0. The number of nitrogens with zero attached hydrogens (tertiary/aromatic N) is 1. The lowest BCUT2D eigenvalue weighted by Gasteiger charge is -2.12. The molecule has 0 N–H and O–H groups in total. The Kier molecular flexibility index (Phi) is 4.80. The van der Waals surface area contributed by atoms with Crippen molar-refractivity contribution in [1.82, 2.24) is 4.98 Å². The molecule has 0 bridgehead atoms. The highest BCUT2D eigenvalue weighted by atomic mass is 79.9. The second-order valence-electron chi connectivity index (χ2n) is 4.16. The van der Waals surface area contributed by atoms with Gasteiger partial charge in [-0.05, 0) is 24.6 Å². The number of benzene rings is 1. The van der Waals surface area contributed by atoms with E-state index in [2.05, 4.69) is 20.9 Å². The largest absolute Gasteiger partial charge is 0.497 e. The Bertz CT molecular complexity index is 558. The van der Waals surface area contributed by atoms with Gasteiger partial charge in [0.25, 0.3) is 0 Å². The molecular formula is C15H16BrNO2. The predicted octanol–water partition coefficient (Wildman–Crippen LogP) is 3.87. The highest BCUT2D eigenvalue weighted by Gasteiger charge is 2.06. The van der Waals surface area contributed by atoms with E-state index in [1.54, 1.807) is 13.3 Å². The van der Waals surface area contributed by atoms with Gasteiger partial charge in [0.1, 0.15) is 18.1 Å². The van der Waals surface area contributed by atoms with Crippen LogP contribution in [0.5, 0.6) is 11.5 Å². The minimum absolute atomic E-state index is 0.458. The van der Waals surface area contributed by atoms with E-state index in [4.69, 9.17) is 9.47 Å². The summed E-state index contributed by atoms with van der Waals surface area (Å²) in [6.07, 6.45) is 1.78. The van der Waals surface area contributed by atoms with Gasteiger partial charge in [0.05, 0.1) is 12.8 Å². The molecule has 100 valence electrons. The quantitative estimate of drug-likeness (QED) is 0.783. The van der Waals surface area contributed by atoms with Crippen molar-refractivity contribution in [3.05, 3.63) is 53.3 Å². The van der Waals surface area contributed by atoms with E-state index in [0.717, 1.165) is 33.6 Å². The molecule has 2 rings (SSSR count). The van der Waals surface area contributed by atoms with Gasteiger partial charge in [-0.3, -0.25) is 4.98 Å². The lowest BCUT2D eigenvalue weighted by atomic mass is 10.2. The van der Waals surface area contributed by atoms with Gasteiger partial charge in [-0.1, -0.05) is 28.1 Å². The number of aryl methyl sites for hydroxylation is 1. The monoisotopic (exact) mass is 321 g/mol. The maximum Gasteiger partial charge on any atom is 0.130 e. The first-order valence-electron chi connectivity index (χ1n) is 6.00. The third-order valence-corrected chi connectivity index (χ3v) is 3.50. The standard InChI is InChI=1S/C15H16BrNO2/c1-11-4-3-7-17-14(11)10-19-15-8-13(18-2)6-5-12(15)9-16/h3-8H,9-10H2,1-2H3. The second-order valence-corrected chi connectivity index (χ2v) is 4.72. The van der Waals surface area contributed by atoms with E-state index < -0.39 is 0 Å². The zero-order chi connectivity index (χ0) is 13.7. The molecule has 4 heteroatoms. The first-order valence-corrected chi connectivity index (χ1v) is 7.13. The molecular weight excluding hydrogens is 306 g/mol. The van der Waals surface area contributed by atoms with Gasteiger partial charge in [-0.25, -0.2) is 0 Å². The summed E-state index contributed by atoms with van der Waals surface area (Å²) >= 11 is 3.46. The molecule has 1 aromatic heterocycles. The van der Waals surface area contributed by atoms with Crippen molar-refractivity contribution in [1.29, 1.82) is 0 Å². The van der Waals surface area contributed by atoms with Gasteiger partial charge in [-0.15, -0.1) is 0 Å². The summed E-state index contributed by atoms with van der Waals surface area (Å²) in [6.45, 7) is 2.49. The van der Waals surface area contributed by atoms with Crippen molar-refractivity contribution < 1.29 is 9.47 Å². The van der Waals surface area contributed by atoms with Crippen LogP contribution in [0.1, 0.15) is 16.8 Å². The molecule has 0 saturated carbocycles. The van der Waals surface area contributed by atoms with Crippen LogP contribution in [0.4, 0.5) is 0 Å². The van der Waals surface area contributed by atoms with Crippen LogP contribution in [0.2, 0.25) is 0 Å². The number of methoxy groups -OCH3 is 1. The van der Waals surface area contributed by atoms with Crippen LogP contribution in [-0.4, -0.2) is 12.1 Å². The molecule has 0 fully saturated rings. The van der Waals surface area contributed by atoms with Crippen LogP contribution >= 0.6 is 15.9 Å². The third-order valence-electron chi connectivity index (χ3n) is 2.90. The molecule has 0 unspecified atom stereocenters. The summed E-state index contributed by atoms with van der Waals surface area (Å²) in [6, 6.07) is 9.77. The molecule has 1 heterocycles.